The number of aryl methyl sites for hydroxylation is 2. The van der Waals surface area contributed by atoms with Crippen molar-refractivity contribution in [3.8, 4) is 0 Å². The van der Waals surface area contributed by atoms with Crippen LogP contribution in [0.15, 0.2) is 16.9 Å². The summed E-state index contributed by atoms with van der Waals surface area (Å²) < 4.78 is 7.01. The first-order chi connectivity index (χ1) is 9.61. The number of hydrogen-bond donors (Lipinski definition) is 1. The Kier molecular flexibility index (Phi) is 3.27. The monoisotopic (exact) mass is 275 g/mol. The highest BCUT2D eigenvalue weighted by atomic mass is 16.5. The van der Waals surface area contributed by atoms with E-state index in [1.165, 1.54) is 5.69 Å². The molecule has 1 aliphatic heterocycles. The van der Waals surface area contributed by atoms with Crippen LogP contribution in [0.5, 0.6) is 0 Å². The number of carbonyl (C=O) groups is 1. The molecule has 7 nitrogen and oxygen atoms in total. The average Bonchev–Trinajstić information content (AvgIpc) is 2.96. The van der Waals surface area contributed by atoms with Gasteiger partial charge in [0.25, 0.3) is 0 Å². The fourth-order valence-corrected chi connectivity index (χ4v) is 2.45. The van der Waals surface area contributed by atoms with E-state index in [1.54, 1.807) is 6.07 Å². The molecule has 106 valence electrons. The van der Waals surface area contributed by atoms with Gasteiger partial charge >= 0.3 is 0 Å². The predicted molar refractivity (Wildman–Crippen MR) is 72.1 cm³/mol. The molecule has 0 bridgehead atoms. The number of rotatable bonds is 3. The van der Waals surface area contributed by atoms with E-state index >= 15 is 0 Å². The van der Waals surface area contributed by atoms with Crippen LogP contribution in [0.3, 0.4) is 0 Å². The van der Waals surface area contributed by atoms with Gasteiger partial charge in [0.2, 0.25) is 11.8 Å². The van der Waals surface area contributed by atoms with E-state index in [4.69, 9.17) is 4.52 Å². The van der Waals surface area contributed by atoms with Crippen molar-refractivity contribution in [1.82, 2.24) is 19.6 Å². The molecule has 0 spiro atoms. The Hall–Kier alpha value is -2.15. The van der Waals surface area contributed by atoms with Gasteiger partial charge in [-0.2, -0.15) is 0 Å². The minimum atomic E-state index is -0.0967. The molecule has 20 heavy (non-hydrogen) atoms. The van der Waals surface area contributed by atoms with Gasteiger partial charge in [-0.1, -0.05) is 5.16 Å². The van der Waals surface area contributed by atoms with Crippen LogP contribution in [-0.4, -0.2) is 38.6 Å². The van der Waals surface area contributed by atoms with Gasteiger partial charge in [-0.05, 0) is 6.92 Å². The van der Waals surface area contributed by atoms with Crippen LogP contribution in [0, 0.1) is 6.92 Å². The summed E-state index contributed by atoms with van der Waals surface area (Å²) in [5, 5.41) is 6.44. The third-order valence-electron chi connectivity index (χ3n) is 3.44. The van der Waals surface area contributed by atoms with Crippen LogP contribution >= 0.6 is 0 Å². The summed E-state index contributed by atoms with van der Waals surface area (Å²) in [7, 11) is 2.00. The van der Waals surface area contributed by atoms with Gasteiger partial charge in [-0.15, -0.1) is 0 Å². The third kappa shape index (κ3) is 2.57. The van der Waals surface area contributed by atoms with Gasteiger partial charge in [-0.25, -0.2) is 4.98 Å². The zero-order valence-corrected chi connectivity index (χ0v) is 11.6. The van der Waals surface area contributed by atoms with E-state index in [-0.39, 0.29) is 5.91 Å². The molecule has 0 unspecified atom stereocenters. The summed E-state index contributed by atoms with van der Waals surface area (Å²) in [6, 6.07) is 1.70. The lowest BCUT2D eigenvalue weighted by atomic mass is 10.1. The smallest absolute Gasteiger partial charge is 0.240 e. The summed E-state index contributed by atoms with van der Waals surface area (Å²) in [5.41, 5.74) is 3.06. The molecule has 7 heteroatoms. The van der Waals surface area contributed by atoms with Gasteiger partial charge in [0.15, 0.2) is 0 Å². The molecular formula is C13H17N5O2. The van der Waals surface area contributed by atoms with E-state index < -0.39 is 0 Å². The average molecular weight is 275 g/mol. The fraction of sp³-hybridized carbons (Fsp3) is 0.462. The molecule has 3 rings (SSSR count). The maximum absolute atomic E-state index is 11.9. The molecule has 0 fully saturated rings. The van der Waals surface area contributed by atoms with Crippen molar-refractivity contribution < 1.29 is 9.32 Å². The van der Waals surface area contributed by atoms with Gasteiger partial charge in [-0.3, -0.25) is 15.0 Å². The minimum Gasteiger partial charge on any atom is -0.338 e. The Bertz CT molecular complexity index is 630. The lowest BCUT2D eigenvalue weighted by Crippen LogP contribution is -2.37. The highest BCUT2D eigenvalue weighted by Gasteiger charge is 2.21. The Morgan fingerprint density at radius 1 is 1.55 bits per heavy atom. The molecule has 1 N–H and O–H groups in total. The summed E-state index contributed by atoms with van der Waals surface area (Å²) in [6.45, 7) is 3.70. The van der Waals surface area contributed by atoms with Crippen LogP contribution in [0.25, 0.3) is 0 Å². The predicted octanol–water partition coefficient (Wildman–Crippen LogP) is 0.713. The zero-order chi connectivity index (χ0) is 14.1. The summed E-state index contributed by atoms with van der Waals surface area (Å²) in [4.78, 5) is 18.4. The number of anilines is 1. The quantitative estimate of drug-likeness (QED) is 0.893. The lowest BCUT2D eigenvalue weighted by molar-refractivity contribution is -0.117. The van der Waals surface area contributed by atoms with Crippen molar-refractivity contribution in [3.63, 3.8) is 0 Å². The van der Waals surface area contributed by atoms with Crippen LogP contribution in [0.4, 0.5) is 5.88 Å². The summed E-state index contributed by atoms with van der Waals surface area (Å²) >= 11 is 0. The molecule has 0 atom stereocenters. The Morgan fingerprint density at radius 3 is 3.15 bits per heavy atom. The first kappa shape index (κ1) is 12.9. The maximum atomic E-state index is 11.9. The lowest BCUT2D eigenvalue weighted by Gasteiger charge is -2.25. The number of amides is 1. The van der Waals surface area contributed by atoms with Crippen LogP contribution in [0.1, 0.15) is 17.1 Å². The molecule has 2 aromatic rings. The van der Waals surface area contributed by atoms with Gasteiger partial charge < -0.3 is 9.09 Å². The second-order valence-electron chi connectivity index (χ2n) is 5.09. The van der Waals surface area contributed by atoms with E-state index in [0.29, 0.717) is 19.0 Å². The van der Waals surface area contributed by atoms with E-state index in [9.17, 15) is 4.79 Å². The van der Waals surface area contributed by atoms with Crippen molar-refractivity contribution >= 4 is 11.8 Å². The number of imidazole rings is 1. The SMILES string of the molecule is Cc1cc(NC(=O)CN2CCc3c(ncn3C)C2)on1. The maximum Gasteiger partial charge on any atom is 0.240 e. The van der Waals surface area contributed by atoms with E-state index in [1.807, 2.05) is 24.9 Å². The number of carbonyl (C=O) groups excluding carboxylic acids is 1. The second-order valence-corrected chi connectivity index (χ2v) is 5.09. The normalized spacial score (nSPS) is 15.1. The largest absolute Gasteiger partial charge is 0.338 e. The molecule has 0 aromatic carbocycles. The number of aromatic nitrogens is 3. The van der Waals surface area contributed by atoms with Crippen LogP contribution < -0.4 is 5.32 Å². The van der Waals surface area contributed by atoms with Gasteiger partial charge in [0, 0.05) is 38.3 Å². The second kappa shape index (κ2) is 5.09. The zero-order valence-electron chi connectivity index (χ0n) is 11.6. The number of nitrogens with zero attached hydrogens (tertiary/aromatic N) is 4. The molecule has 1 amide bonds. The molecule has 0 saturated heterocycles. The first-order valence-electron chi connectivity index (χ1n) is 6.56. The molecule has 3 heterocycles. The molecule has 0 saturated carbocycles. The van der Waals surface area contributed by atoms with E-state index in [2.05, 4.69) is 20.4 Å². The van der Waals surface area contributed by atoms with Crippen LogP contribution in [0.2, 0.25) is 0 Å². The number of fused-ring (bicyclic) bond motifs is 1. The minimum absolute atomic E-state index is 0.0967. The standard InChI is InChI=1S/C13H17N5O2/c1-9-5-13(20-16-9)15-12(19)7-18-4-3-11-10(6-18)14-8-17(11)2/h5,8H,3-4,6-7H2,1-2H3,(H,15,19). The van der Waals surface area contributed by atoms with Crippen molar-refractivity contribution in [3.05, 3.63) is 29.5 Å². The van der Waals surface area contributed by atoms with E-state index in [0.717, 1.165) is 24.4 Å². The fourth-order valence-electron chi connectivity index (χ4n) is 2.45. The molecular weight excluding hydrogens is 258 g/mol. The third-order valence-corrected chi connectivity index (χ3v) is 3.44. The molecule has 2 aromatic heterocycles. The van der Waals surface area contributed by atoms with Gasteiger partial charge in [0.05, 0.1) is 24.3 Å². The summed E-state index contributed by atoms with van der Waals surface area (Å²) in [6.07, 6.45) is 2.74. The van der Waals surface area contributed by atoms with Crippen molar-refractivity contribution in [2.24, 2.45) is 7.05 Å². The Morgan fingerprint density at radius 2 is 2.40 bits per heavy atom. The first-order valence-corrected chi connectivity index (χ1v) is 6.56. The molecule has 1 aliphatic rings. The highest BCUT2D eigenvalue weighted by molar-refractivity contribution is 5.90. The van der Waals surface area contributed by atoms with Crippen molar-refractivity contribution in [2.75, 3.05) is 18.4 Å². The number of nitrogens with one attached hydrogen (secondary N) is 1. The molecule has 0 aliphatic carbocycles. The summed E-state index contributed by atoms with van der Waals surface area (Å²) in [5.74, 6) is 0.295. The van der Waals surface area contributed by atoms with Crippen LogP contribution in [-0.2, 0) is 24.8 Å². The van der Waals surface area contributed by atoms with Gasteiger partial charge in [0.1, 0.15) is 0 Å². The Balaban J connectivity index is 1.58. The van der Waals surface area contributed by atoms with Crippen molar-refractivity contribution in [1.29, 1.82) is 0 Å². The van der Waals surface area contributed by atoms with Crippen molar-refractivity contribution in [2.45, 2.75) is 19.9 Å². The number of hydrogen-bond acceptors (Lipinski definition) is 5. The highest BCUT2D eigenvalue weighted by Crippen LogP contribution is 2.16. The Labute approximate surface area is 116 Å². The molecule has 0 radical (unpaired) electrons. The topological polar surface area (TPSA) is 76.2 Å².